The van der Waals surface area contributed by atoms with Crippen LogP contribution in [0.3, 0.4) is 0 Å². The van der Waals surface area contributed by atoms with Crippen molar-refractivity contribution in [1.29, 1.82) is 0 Å². The van der Waals surface area contributed by atoms with E-state index >= 15 is 0 Å². The second-order valence-electron chi connectivity index (χ2n) is 8.39. The first-order valence-corrected chi connectivity index (χ1v) is 14.3. The van der Waals surface area contributed by atoms with Gasteiger partial charge in [-0.1, -0.05) is 23.9 Å². The van der Waals surface area contributed by atoms with Gasteiger partial charge in [-0.25, -0.2) is 0 Å². The van der Waals surface area contributed by atoms with Crippen molar-refractivity contribution in [2.24, 2.45) is 5.10 Å². The number of aromatic nitrogens is 1. The molecule has 0 saturated carbocycles. The number of hydrogen-bond donors (Lipinski definition) is 1. The van der Waals surface area contributed by atoms with Gasteiger partial charge >= 0.3 is 0 Å². The third kappa shape index (κ3) is 4.26. The lowest BCUT2D eigenvalue weighted by Crippen LogP contribution is -2.35. The molecule has 196 valence electrons. The molecule has 5 rings (SSSR count). The summed E-state index contributed by atoms with van der Waals surface area (Å²) in [5, 5.41) is 6.13. The Morgan fingerprint density at radius 1 is 1.18 bits per heavy atom. The number of anilines is 2. The summed E-state index contributed by atoms with van der Waals surface area (Å²) in [4.78, 5) is 29.7. The van der Waals surface area contributed by atoms with Crippen LogP contribution in [0.2, 0.25) is 0 Å². The Balaban J connectivity index is 1.69. The highest BCUT2D eigenvalue weighted by molar-refractivity contribution is 8.08. The van der Waals surface area contributed by atoms with E-state index in [4.69, 9.17) is 4.74 Å². The first-order valence-electron chi connectivity index (χ1n) is 11.2. The van der Waals surface area contributed by atoms with E-state index in [1.165, 1.54) is 45.9 Å². The van der Waals surface area contributed by atoms with Crippen LogP contribution in [-0.4, -0.2) is 43.3 Å². The van der Waals surface area contributed by atoms with Gasteiger partial charge in [0.05, 0.1) is 34.7 Å². The van der Waals surface area contributed by atoms with Crippen LogP contribution >= 0.6 is 23.1 Å². The number of methoxy groups -OCH3 is 1. The van der Waals surface area contributed by atoms with Gasteiger partial charge in [-0.05, 0) is 37.3 Å². The first kappa shape index (κ1) is 26.0. The molecule has 0 bridgehead atoms. The fourth-order valence-electron chi connectivity index (χ4n) is 4.18. The quantitative estimate of drug-likeness (QED) is 0.366. The number of amides is 1. The fourth-order valence-corrected chi connectivity index (χ4v) is 7.23. The van der Waals surface area contributed by atoms with Gasteiger partial charge in [0.2, 0.25) is 0 Å². The SMILES string of the molecule is C=CCn1c(=C2C(=O)N(c3cccc(S(=O)(=O)O)c3)N=C2C)sc(=C2Sc3ccc(OC)cc3N2C)c1=O. The van der Waals surface area contributed by atoms with E-state index < -0.39 is 16.0 Å². The van der Waals surface area contributed by atoms with Gasteiger partial charge in [-0.15, -0.1) is 17.9 Å². The fraction of sp³-hybridized carbons (Fsp3) is 0.160. The molecule has 3 heterocycles. The molecule has 13 heteroatoms. The van der Waals surface area contributed by atoms with Crippen LogP contribution in [0.5, 0.6) is 5.75 Å². The van der Waals surface area contributed by atoms with Gasteiger partial charge in [-0.2, -0.15) is 18.5 Å². The molecule has 3 aromatic rings. The summed E-state index contributed by atoms with van der Waals surface area (Å²) >= 11 is 2.65. The Hall–Kier alpha value is -3.65. The van der Waals surface area contributed by atoms with E-state index in [-0.39, 0.29) is 28.3 Å². The molecule has 1 aromatic heterocycles. The number of thioether (sulfide) groups is 1. The summed E-state index contributed by atoms with van der Waals surface area (Å²) in [6, 6.07) is 11.0. The number of ether oxygens (including phenoxy) is 1. The highest BCUT2D eigenvalue weighted by Gasteiger charge is 2.33. The van der Waals surface area contributed by atoms with Crippen LogP contribution in [0.1, 0.15) is 6.92 Å². The number of nitrogens with zero attached hydrogens (tertiary/aromatic N) is 4. The third-order valence-electron chi connectivity index (χ3n) is 6.02. The topological polar surface area (TPSA) is 122 Å². The molecular formula is C25H22N4O6S3. The average Bonchev–Trinajstić information content (AvgIpc) is 3.49. The van der Waals surface area contributed by atoms with Crippen molar-refractivity contribution in [3.8, 4) is 5.75 Å². The molecule has 0 unspecified atom stereocenters. The van der Waals surface area contributed by atoms with Gasteiger partial charge in [0.15, 0.2) is 0 Å². The molecule has 1 N–H and O–H groups in total. The summed E-state index contributed by atoms with van der Waals surface area (Å²) in [7, 11) is -1.01. The maximum Gasteiger partial charge on any atom is 0.294 e. The highest BCUT2D eigenvalue weighted by atomic mass is 32.2. The molecule has 0 saturated heterocycles. The molecule has 0 spiro atoms. The number of allylic oxidation sites excluding steroid dienone is 1. The zero-order valence-corrected chi connectivity index (χ0v) is 23.0. The van der Waals surface area contributed by atoms with Gasteiger partial charge in [0.25, 0.3) is 21.6 Å². The van der Waals surface area contributed by atoms with Crippen molar-refractivity contribution < 1.29 is 22.5 Å². The lowest BCUT2D eigenvalue weighted by Gasteiger charge is -2.13. The predicted octanol–water partition coefficient (Wildman–Crippen LogP) is 2.23. The van der Waals surface area contributed by atoms with E-state index in [1.807, 2.05) is 30.1 Å². The number of fused-ring (bicyclic) bond motifs is 1. The Morgan fingerprint density at radius 3 is 2.63 bits per heavy atom. The van der Waals surface area contributed by atoms with Gasteiger partial charge in [-0.3, -0.25) is 18.7 Å². The minimum absolute atomic E-state index is 0.165. The summed E-state index contributed by atoms with van der Waals surface area (Å²) in [5.41, 5.74) is 1.39. The standard InChI is InChI=1S/C25H22N4O6S3/c1-5-11-28-23(31)21(25-27(3)18-13-16(35-4)9-10-19(18)36-25)37-24(28)20-14(2)26-29(22(20)30)15-7-6-8-17(12-15)38(32,33)34/h5-10,12-13H,1,11H2,2-4H3,(H,32,33,34). The van der Waals surface area contributed by atoms with Crippen molar-refractivity contribution in [1.82, 2.24) is 4.57 Å². The third-order valence-corrected chi connectivity index (χ3v) is 9.43. The zero-order valence-electron chi connectivity index (χ0n) is 20.5. The van der Waals surface area contributed by atoms with Gasteiger partial charge in [0, 0.05) is 24.6 Å². The molecule has 0 radical (unpaired) electrons. The van der Waals surface area contributed by atoms with E-state index in [1.54, 1.807) is 20.1 Å². The highest BCUT2D eigenvalue weighted by Crippen LogP contribution is 2.46. The minimum Gasteiger partial charge on any atom is -0.497 e. The summed E-state index contributed by atoms with van der Waals surface area (Å²) in [6.45, 7) is 5.59. The van der Waals surface area contributed by atoms with Crippen molar-refractivity contribution in [2.75, 3.05) is 24.1 Å². The minimum atomic E-state index is -4.48. The predicted molar refractivity (Wildman–Crippen MR) is 149 cm³/mol. The van der Waals surface area contributed by atoms with E-state index in [0.717, 1.165) is 26.7 Å². The van der Waals surface area contributed by atoms with Crippen molar-refractivity contribution in [2.45, 2.75) is 23.3 Å². The molecule has 0 atom stereocenters. The van der Waals surface area contributed by atoms with Crippen molar-refractivity contribution in [3.63, 3.8) is 0 Å². The Bertz CT molecular complexity index is 1840. The lowest BCUT2D eigenvalue weighted by molar-refractivity contribution is -0.112. The number of carbonyl (C=O) groups is 1. The molecule has 0 aliphatic carbocycles. The number of carbonyl (C=O) groups excluding carboxylic acids is 1. The van der Waals surface area contributed by atoms with Crippen LogP contribution in [0.25, 0.3) is 10.6 Å². The molecule has 2 aromatic carbocycles. The number of benzene rings is 2. The van der Waals surface area contributed by atoms with E-state index in [9.17, 15) is 22.6 Å². The monoisotopic (exact) mass is 570 g/mol. The molecule has 10 nitrogen and oxygen atoms in total. The number of hydrazone groups is 1. The summed E-state index contributed by atoms with van der Waals surface area (Å²) in [6.07, 6.45) is 1.58. The van der Waals surface area contributed by atoms with Gasteiger partial charge < -0.3 is 9.64 Å². The maximum atomic E-state index is 13.6. The van der Waals surface area contributed by atoms with Crippen molar-refractivity contribution >= 4 is 66.8 Å². The Kier molecular flexibility index (Phi) is 6.55. The second-order valence-corrected chi connectivity index (χ2v) is 11.8. The summed E-state index contributed by atoms with van der Waals surface area (Å²) < 4.78 is 40.3. The Labute approximate surface area is 226 Å². The lowest BCUT2D eigenvalue weighted by atomic mass is 10.2. The number of rotatable bonds is 5. The van der Waals surface area contributed by atoms with Crippen LogP contribution < -0.4 is 29.4 Å². The van der Waals surface area contributed by atoms with Crippen molar-refractivity contribution in [3.05, 3.63) is 74.7 Å². The van der Waals surface area contributed by atoms with E-state index in [0.29, 0.717) is 20.7 Å². The normalized spacial score (nSPS) is 18.1. The smallest absolute Gasteiger partial charge is 0.294 e. The first-order chi connectivity index (χ1) is 18.0. The summed E-state index contributed by atoms with van der Waals surface area (Å²) in [5.74, 6) is 0.177. The van der Waals surface area contributed by atoms with Crippen LogP contribution in [0, 0.1) is 0 Å². The van der Waals surface area contributed by atoms with E-state index in [2.05, 4.69) is 11.7 Å². The average molecular weight is 571 g/mol. The van der Waals surface area contributed by atoms with Crippen LogP contribution in [-0.2, 0) is 21.5 Å². The number of thiazole rings is 1. The molecule has 0 fully saturated rings. The molecular weight excluding hydrogens is 548 g/mol. The molecule has 2 aliphatic heterocycles. The van der Waals surface area contributed by atoms with Crippen LogP contribution in [0.4, 0.5) is 11.4 Å². The molecule has 2 aliphatic rings. The number of hydrogen-bond acceptors (Lipinski definition) is 9. The second kappa shape index (κ2) is 9.58. The Morgan fingerprint density at radius 2 is 1.95 bits per heavy atom. The van der Waals surface area contributed by atoms with Gasteiger partial charge in [0.1, 0.15) is 20.0 Å². The largest absolute Gasteiger partial charge is 0.497 e. The molecule has 1 amide bonds. The molecule has 38 heavy (non-hydrogen) atoms. The van der Waals surface area contributed by atoms with Crippen LogP contribution in [0.15, 0.2) is 74.8 Å². The maximum absolute atomic E-state index is 13.6. The zero-order chi connectivity index (χ0) is 27.4.